The Bertz CT molecular complexity index is 3870. The maximum Gasteiger partial charge on any atom is 0.164 e. The van der Waals surface area contributed by atoms with Gasteiger partial charge in [0.15, 0.2) is 17.5 Å². The smallest absolute Gasteiger partial charge is 0.164 e. The lowest BCUT2D eigenvalue weighted by molar-refractivity contribution is 1.07. The van der Waals surface area contributed by atoms with Gasteiger partial charge in [-0.1, -0.05) is 164 Å². The second kappa shape index (κ2) is 15.1. The van der Waals surface area contributed by atoms with Gasteiger partial charge in [0.05, 0.1) is 32.3 Å². The van der Waals surface area contributed by atoms with Crippen LogP contribution in [0, 0.1) is 0 Å². The predicted molar refractivity (Wildman–Crippen MR) is 269 cm³/mol. The Kier molecular flexibility index (Phi) is 8.60. The van der Waals surface area contributed by atoms with Crippen molar-refractivity contribution in [3.63, 3.8) is 0 Å². The van der Waals surface area contributed by atoms with Crippen LogP contribution in [0.3, 0.4) is 0 Å². The molecule has 4 aromatic heterocycles. The Labute approximate surface area is 378 Å². The number of nitrogens with zero attached hydrogens (tertiary/aromatic N) is 6. The summed E-state index contributed by atoms with van der Waals surface area (Å²) >= 11 is 1.75. The van der Waals surface area contributed by atoms with Gasteiger partial charge in [0, 0.05) is 60.7 Å². The van der Waals surface area contributed by atoms with Gasteiger partial charge >= 0.3 is 0 Å². The van der Waals surface area contributed by atoms with Crippen molar-refractivity contribution in [1.82, 2.24) is 29.1 Å². The van der Waals surface area contributed by atoms with E-state index in [2.05, 4.69) is 167 Å². The molecule has 0 amide bonds. The maximum absolute atomic E-state index is 5.15. The fraction of sp³-hybridized carbons (Fsp3) is 0. The lowest BCUT2D eigenvalue weighted by atomic mass is 9.99. The Morgan fingerprint density at radius 2 is 0.877 bits per heavy atom. The number of aromatic nitrogens is 6. The third-order valence-corrected chi connectivity index (χ3v) is 13.4. The third-order valence-electron chi connectivity index (χ3n) is 12.4. The number of fused-ring (bicyclic) bond motifs is 7. The van der Waals surface area contributed by atoms with E-state index in [1.807, 2.05) is 60.7 Å². The second-order valence-electron chi connectivity index (χ2n) is 16.3. The summed E-state index contributed by atoms with van der Waals surface area (Å²) in [5.41, 5.74) is 13.9. The maximum atomic E-state index is 5.15. The lowest BCUT2D eigenvalue weighted by Crippen LogP contribution is -2.01. The molecule has 0 atom stereocenters. The van der Waals surface area contributed by atoms with E-state index in [0.717, 1.165) is 77.3 Å². The van der Waals surface area contributed by atoms with Gasteiger partial charge < -0.3 is 9.13 Å². The van der Waals surface area contributed by atoms with Gasteiger partial charge in [0.25, 0.3) is 0 Å². The van der Waals surface area contributed by atoms with E-state index < -0.39 is 0 Å². The van der Waals surface area contributed by atoms with Crippen LogP contribution in [0.15, 0.2) is 218 Å². The largest absolute Gasteiger partial charge is 0.309 e. The normalized spacial score (nSPS) is 11.7. The number of hydrogen-bond acceptors (Lipinski definition) is 5. The molecule has 6 nitrogen and oxygen atoms in total. The van der Waals surface area contributed by atoms with Gasteiger partial charge in [-0.2, -0.15) is 0 Å². The molecule has 0 bridgehead atoms. The zero-order chi connectivity index (χ0) is 42.8. The molecule has 13 rings (SSSR count). The van der Waals surface area contributed by atoms with Crippen molar-refractivity contribution in [3.8, 4) is 67.2 Å². The van der Waals surface area contributed by atoms with Crippen LogP contribution in [0.2, 0.25) is 0 Å². The van der Waals surface area contributed by atoms with Gasteiger partial charge in [-0.3, -0.25) is 0 Å². The molecular formula is C58H36N6S. The van der Waals surface area contributed by atoms with Crippen LogP contribution in [-0.4, -0.2) is 29.1 Å². The van der Waals surface area contributed by atoms with Crippen molar-refractivity contribution < 1.29 is 0 Å². The van der Waals surface area contributed by atoms with E-state index in [4.69, 9.17) is 19.9 Å². The first-order valence-corrected chi connectivity index (χ1v) is 22.5. The molecular weight excluding hydrogens is 813 g/mol. The summed E-state index contributed by atoms with van der Waals surface area (Å²) in [4.78, 5) is 20.3. The fourth-order valence-electron chi connectivity index (χ4n) is 9.41. The van der Waals surface area contributed by atoms with Gasteiger partial charge in [0.2, 0.25) is 0 Å². The van der Waals surface area contributed by atoms with E-state index in [-0.39, 0.29) is 0 Å². The molecule has 9 aromatic carbocycles. The van der Waals surface area contributed by atoms with Gasteiger partial charge in [-0.15, -0.1) is 11.3 Å². The minimum atomic E-state index is 0.617. The highest BCUT2D eigenvalue weighted by atomic mass is 32.1. The molecule has 0 unspecified atom stereocenters. The predicted octanol–water partition coefficient (Wildman–Crippen LogP) is 15.0. The first-order valence-electron chi connectivity index (χ1n) is 21.7. The molecule has 7 heteroatoms. The fourth-order valence-corrected chi connectivity index (χ4v) is 10.4. The van der Waals surface area contributed by atoms with Crippen LogP contribution in [0.5, 0.6) is 0 Å². The van der Waals surface area contributed by atoms with Crippen molar-refractivity contribution in [3.05, 3.63) is 218 Å². The van der Waals surface area contributed by atoms with Crippen molar-refractivity contribution in [1.29, 1.82) is 0 Å². The van der Waals surface area contributed by atoms with E-state index in [1.54, 1.807) is 11.3 Å². The molecule has 13 aromatic rings. The van der Waals surface area contributed by atoms with Crippen LogP contribution in [0.1, 0.15) is 0 Å². The Balaban J connectivity index is 1.01. The summed E-state index contributed by atoms with van der Waals surface area (Å²) < 4.78 is 5.96. The van der Waals surface area contributed by atoms with Gasteiger partial charge in [0.1, 0.15) is 5.01 Å². The van der Waals surface area contributed by atoms with E-state index >= 15 is 0 Å². The average molecular weight is 849 g/mol. The second-order valence-corrected chi connectivity index (χ2v) is 17.3. The molecule has 0 radical (unpaired) electrons. The van der Waals surface area contributed by atoms with Crippen LogP contribution in [0.25, 0.3) is 121 Å². The zero-order valence-corrected chi connectivity index (χ0v) is 35.7. The van der Waals surface area contributed by atoms with Crippen LogP contribution < -0.4 is 0 Å². The highest BCUT2D eigenvalue weighted by Gasteiger charge is 2.21. The number of thiazole rings is 1. The summed E-state index contributed by atoms with van der Waals surface area (Å²) in [6.45, 7) is 0. The lowest BCUT2D eigenvalue weighted by Gasteiger charge is -2.14. The Hall–Kier alpha value is -8.52. The molecule has 0 spiro atoms. The Morgan fingerprint density at radius 1 is 0.323 bits per heavy atom. The SMILES string of the molecule is c1ccc(-c2nc(-c3ccccc3)nc(-c3cccc(-n4c5ccccc5c5cccc(-c6ccc7c(c6)c6cc8sc(-c9ccccc9)nc8cc6n7-c6ccccc6)c54)c3)n2)cc1. The van der Waals surface area contributed by atoms with Crippen molar-refractivity contribution in [2.75, 3.05) is 0 Å². The summed E-state index contributed by atoms with van der Waals surface area (Å²) in [6, 6.07) is 76.9. The molecule has 65 heavy (non-hydrogen) atoms. The minimum Gasteiger partial charge on any atom is -0.309 e. The molecule has 0 N–H and O–H groups in total. The molecule has 0 aliphatic carbocycles. The summed E-state index contributed by atoms with van der Waals surface area (Å²) in [5, 5.41) is 5.79. The van der Waals surface area contributed by atoms with Gasteiger partial charge in [-0.25, -0.2) is 19.9 Å². The quantitative estimate of drug-likeness (QED) is 0.160. The minimum absolute atomic E-state index is 0.617. The highest BCUT2D eigenvalue weighted by molar-refractivity contribution is 7.21. The molecule has 0 aliphatic rings. The third kappa shape index (κ3) is 6.24. The Morgan fingerprint density at radius 3 is 1.60 bits per heavy atom. The standard InChI is InChI=1S/C58H36N6S/c1-5-17-37(18-6-1)55-60-56(38-19-7-2-8-20-38)62-57(61-55)41-23-15-26-43(33-41)64-50-30-14-13-27-45(50)46-29-16-28-44(54(46)64)40-31-32-51-47(34-40)48-35-53-49(59-58(65-53)39-21-9-3-10-22-39)36-52(48)63(51)42-24-11-4-12-25-42/h1-36H. The summed E-state index contributed by atoms with van der Waals surface area (Å²) in [5.74, 6) is 1.89. The highest BCUT2D eigenvalue weighted by Crippen LogP contribution is 2.43. The van der Waals surface area contributed by atoms with E-state index in [1.165, 1.54) is 26.2 Å². The molecule has 0 saturated heterocycles. The molecule has 0 fully saturated rings. The number of rotatable bonds is 7. The molecule has 0 saturated carbocycles. The molecule has 4 heterocycles. The van der Waals surface area contributed by atoms with E-state index in [0.29, 0.717) is 17.5 Å². The van der Waals surface area contributed by atoms with Crippen LogP contribution in [0.4, 0.5) is 0 Å². The number of para-hydroxylation sites is 3. The topological polar surface area (TPSA) is 61.4 Å². The van der Waals surface area contributed by atoms with Crippen LogP contribution in [-0.2, 0) is 0 Å². The number of benzene rings is 9. The van der Waals surface area contributed by atoms with Crippen molar-refractivity contribution >= 4 is 65.2 Å². The molecule has 0 aliphatic heterocycles. The zero-order valence-electron chi connectivity index (χ0n) is 34.9. The van der Waals surface area contributed by atoms with Crippen molar-refractivity contribution in [2.45, 2.75) is 0 Å². The molecule has 304 valence electrons. The number of hydrogen-bond donors (Lipinski definition) is 0. The van der Waals surface area contributed by atoms with Gasteiger partial charge in [-0.05, 0) is 60.2 Å². The summed E-state index contributed by atoms with van der Waals surface area (Å²) in [7, 11) is 0. The van der Waals surface area contributed by atoms with Crippen molar-refractivity contribution in [2.24, 2.45) is 0 Å². The average Bonchev–Trinajstić information content (AvgIpc) is 4.06. The van der Waals surface area contributed by atoms with Crippen LogP contribution >= 0.6 is 11.3 Å². The monoisotopic (exact) mass is 848 g/mol. The first kappa shape index (κ1) is 37.1. The summed E-state index contributed by atoms with van der Waals surface area (Å²) in [6.07, 6.45) is 0. The first-order chi connectivity index (χ1) is 32.2. The van der Waals surface area contributed by atoms with E-state index in [9.17, 15) is 0 Å².